The van der Waals surface area contributed by atoms with E-state index in [4.69, 9.17) is 10.5 Å². The van der Waals surface area contributed by atoms with Crippen molar-refractivity contribution in [3.63, 3.8) is 0 Å². The van der Waals surface area contributed by atoms with Crippen molar-refractivity contribution in [3.05, 3.63) is 66.0 Å². The quantitative estimate of drug-likeness (QED) is 0.282. The second kappa shape index (κ2) is 13.3. The van der Waals surface area contributed by atoms with Crippen LogP contribution < -0.4 is 10.6 Å². The molecule has 1 aromatic carbocycles. The number of likely N-dealkylation sites (N-methyl/N-ethyl adjacent to an activating group) is 1. The summed E-state index contributed by atoms with van der Waals surface area (Å²) in [6, 6.07) is 7.46. The first kappa shape index (κ1) is 31.0. The number of nitrogens with zero attached hydrogens (tertiary/aromatic N) is 6. The maximum absolute atomic E-state index is 13.9. The van der Waals surface area contributed by atoms with Crippen LogP contribution >= 0.6 is 0 Å². The van der Waals surface area contributed by atoms with E-state index in [1.807, 2.05) is 11.9 Å². The van der Waals surface area contributed by atoms with Crippen molar-refractivity contribution in [2.24, 2.45) is 10.7 Å². The SMILES string of the molecule is C=CC(=O)N1CCN(C(=C)C2=C(N=C(N)OC[C@@H]3CCCN3C)CN(c3ccccc3C(F)(F)F)CC2)CC1CC#N. The smallest absolute Gasteiger partial charge is 0.418 e. The standard InChI is InChI=1S/C30H38F3N7O2/c1-4-28(41)40-17-16-38(18-22(40)11-13-34)21(2)24-12-15-39(27-10-6-5-9-25(27)30(31,32)33)19-26(24)36-29(35)42-20-23-8-7-14-37(23)3/h4-6,9-10,22-23H,1-2,7-8,11-12,14-20H2,3H3,(H2,35,36)/t22?,23-/m0/s1. The van der Waals surface area contributed by atoms with Gasteiger partial charge in [-0.25, -0.2) is 4.99 Å². The van der Waals surface area contributed by atoms with E-state index in [9.17, 15) is 23.2 Å². The van der Waals surface area contributed by atoms with Gasteiger partial charge >= 0.3 is 6.18 Å². The van der Waals surface area contributed by atoms with Crippen LogP contribution in [0.4, 0.5) is 18.9 Å². The third-order valence-corrected chi connectivity index (χ3v) is 8.21. The summed E-state index contributed by atoms with van der Waals surface area (Å²) in [4.78, 5) is 24.4. The van der Waals surface area contributed by atoms with Gasteiger partial charge in [-0.2, -0.15) is 18.4 Å². The Morgan fingerprint density at radius 3 is 2.67 bits per heavy atom. The molecule has 3 aliphatic heterocycles. The summed E-state index contributed by atoms with van der Waals surface area (Å²) >= 11 is 0. The van der Waals surface area contributed by atoms with Gasteiger partial charge in [-0.3, -0.25) is 4.79 Å². The molecule has 1 aromatic rings. The molecule has 0 radical (unpaired) electrons. The number of piperazine rings is 1. The molecule has 2 atom stereocenters. The molecule has 2 saturated heterocycles. The molecule has 42 heavy (non-hydrogen) atoms. The summed E-state index contributed by atoms with van der Waals surface area (Å²) in [5, 5.41) is 9.37. The molecule has 0 bridgehead atoms. The highest BCUT2D eigenvalue weighted by Gasteiger charge is 2.36. The Bertz CT molecular complexity index is 1290. The van der Waals surface area contributed by atoms with Crippen LogP contribution in [0.2, 0.25) is 0 Å². The van der Waals surface area contributed by atoms with E-state index in [0.29, 0.717) is 50.6 Å². The van der Waals surface area contributed by atoms with Gasteiger partial charge in [-0.15, -0.1) is 0 Å². The number of nitriles is 1. The fourth-order valence-corrected chi connectivity index (χ4v) is 5.87. The number of aliphatic imine (C=N–C) groups is 1. The van der Waals surface area contributed by atoms with Gasteiger partial charge in [0, 0.05) is 49.2 Å². The zero-order chi connectivity index (χ0) is 30.4. The highest BCUT2D eigenvalue weighted by Crippen LogP contribution is 2.39. The third kappa shape index (κ3) is 7.07. The maximum atomic E-state index is 13.9. The van der Waals surface area contributed by atoms with Crippen molar-refractivity contribution in [1.29, 1.82) is 5.26 Å². The Balaban J connectivity index is 1.62. The normalized spacial score (nSPS) is 22.3. The lowest BCUT2D eigenvalue weighted by atomic mass is 9.98. The number of benzene rings is 1. The number of hydrogen-bond acceptors (Lipinski definition) is 7. The van der Waals surface area contributed by atoms with E-state index in [1.165, 1.54) is 18.2 Å². The van der Waals surface area contributed by atoms with Crippen LogP contribution in [0, 0.1) is 11.3 Å². The number of amidine groups is 1. The topological polar surface area (TPSA) is 101 Å². The van der Waals surface area contributed by atoms with Gasteiger partial charge in [0.2, 0.25) is 5.91 Å². The molecule has 12 heteroatoms. The number of allylic oxidation sites excluding steroid dienone is 1. The monoisotopic (exact) mass is 585 g/mol. The zero-order valence-corrected chi connectivity index (χ0v) is 23.9. The van der Waals surface area contributed by atoms with E-state index < -0.39 is 11.7 Å². The van der Waals surface area contributed by atoms with Crippen LogP contribution in [0.1, 0.15) is 31.2 Å². The van der Waals surface area contributed by atoms with Crippen LogP contribution in [-0.4, -0.2) is 91.6 Å². The van der Waals surface area contributed by atoms with E-state index in [2.05, 4.69) is 29.1 Å². The van der Waals surface area contributed by atoms with Crippen LogP contribution in [0.15, 0.2) is 65.5 Å². The number of ether oxygens (including phenoxy) is 1. The minimum absolute atomic E-state index is 0.0506. The van der Waals surface area contributed by atoms with Crippen molar-refractivity contribution >= 4 is 17.6 Å². The summed E-state index contributed by atoms with van der Waals surface area (Å²) in [7, 11) is 2.03. The molecule has 0 aliphatic carbocycles. The summed E-state index contributed by atoms with van der Waals surface area (Å²) in [6.07, 6.45) is -0.696. The number of amides is 1. The van der Waals surface area contributed by atoms with Gasteiger partial charge in [-0.1, -0.05) is 25.3 Å². The Labute approximate surface area is 245 Å². The molecule has 0 aromatic heterocycles. The predicted molar refractivity (Wildman–Crippen MR) is 155 cm³/mol. The van der Waals surface area contributed by atoms with Gasteiger partial charge < -0.3 is 30.1 Å². The molecule has 226 valence electrons. The van der Waals surface area contributed by atoms with Gasteiger partial charge in [0.05, 0.1) is 36.3 Å². The largest absolute Gasteiger partial charge is 0.464 e. The minimum atomic E-state index is -4.51. The molecular formula is C30H38F3N7O2. The van der Waals surface area contributed by atoms with E-state index in [0.717, 1.165) is 31.0 Å². The number of para-hydroxylation sites is 1. The van der Waals surface area contributed by atoms with Crippen molar-refractivity contribution in [3.8, 4) is 6.07 Å². The average Bonchev–Trinajstić information content (AvgIpc) is 3.39. The molecule has 4 rings (SSSR count). The van der Waals surface area contributed by atoms with Gasteiger partial charge in [0.1, 0.15) is 6.61 Å². The second-order valence-electron chi connectivity index (χ2n) is 10.8. The summed E-state index contributed by atoms with van der Waals surface area (Å²) in [6.45, 7) is 10.9. The Kier molecular flexibility index (Phi) is 9.83. The van der Waals surface area contributed by atoms with E-state index >= 15 is 0 Å². The molecule has 3 aliphatic rings. The zero-order valence-electron chi connectivity index (χ0n) is 23.9. The van der Waals surface area contributed by atoms with E-state index in [-0.39, 0.29) is 42.7 Å². The molecule has 0 saturated carbocycles. The van der Waals surface area contributed by atoms with Crippen molar-refractivity contribution in [2.45, 2.75) is 43.9 Å². The molecule has 3 heterocycles. The van der Waals surface area contributed by atoms with Crippen LogP contribution in [0.25, 0.3) is 0 Å². The average molecular weight is 586 g/mol. The number of rotatable bonds is 8. The summed E-state index contributed by atoms with van der Waals surface area (Å²) in [5.41, 5.74) is 7.46. The number of likely N-dealkylation sites (tertiary alicyclic amines) is 1. The molecule has 2 N–H and O–H groups in total. The van der Waals surface area contributed by atoms with Gasteiger partial charge in [-0.05, 0) is 51.1 Å². The first-order chi connectivity index (χ1) is 20.0. The predicted octanol–water partition coefficient (Wildman–Crippen LogP) is 3.72. The number of halogens is 3. The molecule has 9 nitrogen and oxygen atoms in total. The molecule has 0 spiro atoms. The van der Waals surface area contributed by atoms with Crippen molar-refractivity contribution in [1.82, 2.24) is 14.7 Å². The fourth-order valence-electron chi connectivity index (χ4n) is 5.87. The first-order valence-corrected chi connectivity index (χ1v) is 14.1. The maximum Gasteiger partial charge on any atom is 0.418 e. The first-order valence-electron chi connectivity index (χ1n) is 14.1. The number of hydrogen-bond donors (Lipinski definition) is 1. The lowest BCUT2D eigenvalue weighted by Crippen LogP contribution is -2.54. The van der Waals surface area contributed by atoms with Crippen molar-refractivity contribution < 1.29 is 22.7 Å². The Morgan fingerprint density at radius 2 is 2.00 bits per heavy atom. The lowest BCUT2D eigenvalue weighted by molar-refractivity contribution is -0.137. The summed E-state index contributed by atoms with van der Waals surface area (Å²) in [5.74, 6) is -0.237. The molecular weight excluding hydrogens is 547 g/mol. The number of anilines is 1. The van der Waals surface area contributed by atoms with Gasteiger partial charge in [0.25, 0.3) is 6.02 Å². The lowest BCUT2D eigenvalue weighted by Gasteiger charge is -2.43. The molecule has 1 amide bonds. The number of carbonyl (C=O) groups is 1. The minimum Gasteiger partial charge on any atom is -0.464 e. The highest BCUT2D eigenvalue weighted by atomic mass is 19.4. The van der Waals surface area contributed by atoms with Crippen molar-refractivity contribution in [2.75, 3.05) is 57.8 Å². The molecule has 1 unspecified atom stereocenters. The van der Waals surface area contributed by atoms with Crippen LogP contribution in [-0.2, 0) is 15.7 Å². The highest BCUT2D eigenvalue weighted by molar-refractivity contribution is 5.87. The number of alkyl halides is 3. The Hall–Kier alpha value is -3.98. The van der Waals surface area contributed by atoms with E-state index in [1.54, 1.807) is 15.9 Å². The number of nitrogens with two attached hydrogens (primary N) is 1. The molecule has 2 fully saturated rings. The Morgan fingerprint density at radius 1 is 1.24 bits per heavy atom. The summed E-state index contributed by atoms with van der Waals surface area (Å²) < 4.78 is 47.4. The van der Waals surface area contributed by atoms with Crippen LogP contribution in [0.3, 0.4) is 0 Å². The van der Waals surface area contributed by atoms with Crippen LogP contribution in [0.5, 0.6) is 0 Å². The fraction of sp³-hybridized carbons (Fsp3) is 0.500. The second-order valence-corrected chi connectivity index (χ2v) is 10.8. The third-order valence-electron chi connectivity index (χ3n) is 8.21. The van der Waals surface area contributed by atoms with Gasteiger partial charge in [0.15, 0.2) is 0 Å². The number of carbonyl (C=O) groups excluding carboxylic acids is 1.